The Morgan fingerprint density at radius 2 is 1.60 bits per heavy atom. The lowest BCUT2D eigenvalue weighted by atomic mass is 10.2. The number of hydrogen-bond donors (Lipinski definition) is 1. The van der Waals surface area contributed by atoms with E-state index in [0.29, 0.717) is 5.82 Å². The van der Waals surface area contributed by atoms with Crippen LogP contribution in [-0.2, 0) is 0 Å². The van der Waals surface area contributed by atoms with Crippen LogP contribution in [0.25, 0.3) is 0 Å². The molecule has 6 nitrogen and oxygen atoms in total. The van der Waals surface area contributed by atoms with Crippen molar-refractivity contribution in [3.05, 3.63) is 72.9 Å². The summed E-state index contributed by atoms with van der Waals surface area (Å²) in [6.07, 6.45) is 6.25. The van der Waals surface area contributed by atoms with E-state index in [1.807, 2.05) is 24.3 Å². The number of benzene rings is 1. The summed E-state index contributed by atoms with van der Waals surface area (Å²) in [6, 6.07) is 14.0. The third-order valence-electron chi connectivity index (χ3n) is 5.41. The molecule has 3 aromatic rings. The molecular formula is C23H26FN5O. The number of aromatic hydroxyl groups is 1. The molecule has 1 aliphatic heterocycles. The van der Waals surface area contributed by atoms with E-state index in [4.69, 9.17) is 0 Å². The van der Waals surface area contributed by atoms with Crippen molar-refractivity contribution in [1.82, 2.24) is 14.9 Å². The monoisotopic (exact) mass is 407 g/mol. The molecular weight excluding hydrogens is 381 g/mol. The van der Waals surface area contributed by atoms with E-state index in [0.717, 1.165) is 57.1 Å². The maximum Gasteiger partial charge on any atom is 0.171 e. The molecule has 1 N–H and O–H groups in total. The Morgan fingerprint density at radius 1 is 0.900 bits per heavy atom. The Labute approximate surface area is 176 Å². The molecule has 3 heterocycles. The first kappa shape index (κ1) is 20.1. The van der Waals surface area contributed by atoms with Crippen LogP contribution in [0.1, 0.15) is 6.42 Å². The van der Waals surface area contributed by atoms with Crippen LogP contribution in [0, 0.1) is 5.82 Å². The predicted molar refractivity (Wildman–Crippen MR) is 117 cm³/mol. The number of nitrogens with zero attached hydrogens (tertiary/aromatic N) is 5. The predicted octanol–water partition coefficient (Wildman–Crippen LogP) is 3.67. The highest BCUT2D eigenvalue weighted by Crippen LogP contribution is 2.26. The number of rotatable bonds is 7. The van der Waals surface area contributed by atoms with E-state index in [1.165, 1.54) is 12.1 Å². The van der Waals surface area contributed by atoms with Crippen molar-refractivity contribution in [3.63, 3.8) is 0 Å². The molecule has 30 heavy (non-hydrogen) atoms. The minimum Gasteiger partial charge on any atom is -0.504 e. The second-order valence-corrected chi connectivity index (χ2v) is 7.36. The van der Waals surface area contributed by atoms with Crippen LogP contribution in [0.15, 0.2) is 67.1 Å². The fraction of sp³-hybridized carbons (Fsp3) is 0.304. The quantitative estimate of drug-likeness (QED) is 0.645. The summed E-state index contributed by atoms with van der Waals surface area (Å²) in [7, 11) is 0. The SMILES string of the molecule is Oc1cccnc1N1CCN(CCCN(c2ccncc2)c2ccc(F)cc2)CC1. The molecule has 1 saturated heterocycles. The zero-order valence-electron chi connectivity index (χ0n) is 16.9. The van der Waals surface area contributed by atoms with Crippen LogP contribution < -0.4 is 9.80 Å². The minimum atomic E-state index is -0.231. The van der Waals surface area contributed by atoms with Gasteiger partial charge in [0.25, 0.3) is 0 Å². The fourth-order valence-electron chi connectivity index (χ4n) is 3.82. The smallest absolute Gasteiger partial charge is 0.171 e. The number of hydrogen-bond acceptors (Lipinski definition) is 6. The highest BCUT2D eigenvalue weighted by atomic mass is 19.1. The summed E-state index contributed by atoms with van der Waals surface area (Å²) in [5.74, 6) is 0.667. The maximum absolute atomic E-state index is 13.4. The van der Waals surface area contributed by atoms with Gasteiger partial charge in [0.2, 0.25) is 0 Å². The van der Waals surface area contributed by atoms with Crippen LogP contribution in [-0.4, -0.2) is 59.2 Å². The molecule has 0 saturated carbocycles. The molecule has 0 atom stereocenters. The molecule has 1 aliphatic rings. The van der Waals surface area contributed by atoms with Crippen LogP contribution in [0.2, 0.25) is 0 Å². The molecule has 7 heteroatoms. The van der Waals surface area contributed by atoms with Crippen molar-refractivity contribution >= 4 is 17.2 Å². The Balaban J connectivity index is 1.33. The number of anilines is 3. The van der Waals surface area contributed by atoms with Crippen LogP contribution in [0.3, 0.4) is 0 Å². The number of piperazine rings is 1. The van der Waals surface area contributed by atoms with Gasteiger partial charge in [-0.15, -0.1) is 0 Å². The first-order chi connectivity index (χ1) is 14.7. The van der Waals surface area contributed by atoms with Crippen molar-refractivity contribution in [2.75, 3.05) is 49.1 Å². The van der Waals surface area contributed by atoms with Gasteiger partial charge < -0.3 is 14.9 Å². The Bertz CT molecular complexity index is 930. The second kappa shape index (κ2) is 9.54. The van der Waals surface area contributed by atoms with Gasteiger partial charge >= 0.3 is 0 Å². The van der Waals surface area contributed by atoms with Gasteiger partial charge in [0.1, 0.15) is 5.82 Å². The van der Waals surface area contributed by atoms with Crippen LogP contribution >= 0.6 is 0 Å². The number of aromatic nitrogens is 2. The largest absolute Gasteiger partial charge is 0.504 e. The summed E-state index contributed by atoms with van der Waals surface area (Å²) in [4.78, 5) is 15.2. The van der Waals surface area contributed by atoms with Gasteiger partial charge in [-0.05, 0) is 61.5 Å². The van der Waals surface area contributed by atoms with Crippen molar-refractivity contribution in [3.8, 4) is 5.75 Å². The Kier molecular flexibility index (Phi) is 6.39. The summed E-state index contributed by atoms with van der Waals surface area (Å²) >= 11 is 0. The number of halogens is 1. The summed E-state index contributed by atoms with van der Waals surface area (Å²) in [5, 5.41) is 10.0. The molecule has 1 aromatic carbocycles. The fourth-order valence-corrected chi connectivity index (χ4v) is 3.82. The lowest BCUT2D eigenvalue weighted by Gasteiger charge is -2.36. The van der Waals surface area contributed by atoms with Crippen molar-refractivity contribution in [2.24, 2.45) is 0 Å². The van der Waals surface area contributed by atoms with Gasteiger partial charge in [-0.1, -0.05) is 0 Å². The molecule has 0 spiro atoms. The van der Waals surface area contributed by atoms with Gasteiger partial charge in [0, 0.05) is 62.7 Å². The average Bonchev–Trinajstić information content (AvgIpc) is 2.79. The third-order valence-corrected chi connectivity index (χ3v) is 5.41. The van der Waals surface area contributed by atoms with E-state index < -0.39 is 0 Å². The molecule has 2 aromatic heterocycles. The molecule has 0 unspecified atom stereocenters. The minimum absolute atomic E-state index is 0.231. The van der Waals surface area contributed by atoms with Gasteiger partial charge in [-0.25, -0.2) is 9.37 Å². The highest BCUT2D eigenvalue weighted by molar-refractivity contribution is 5.62. The van der Waals surface area contributed by atoms with Gasteiger partial charge in [0.15, 0.2) is 11.6 Å². The second-order valence-electron chi connectivity index (χ2n) is 7.36. The molecule has 0 amide bonds. The lowest BCUT2D eigenvalue weighted by molar-refractivity contribution is 0.255. The first-order valence-electron chi connectivity index (χ1n) is 10.2. The van der Waals surface area contributed by atoms with Crippen molar-refractivity contribution in [2.45, 2.75) is 6.42 Å². The molecule has 1 fully saturated rings. The van der Waals surface area contributed by atoms with E-state index in [9.17, 15) is 9.50 Å². The first-order valence-corrected chi connectivity index (χ1v) is 10.2. The summed E-state index contributed by atoms with van der Waals surface area (Å²) in [5.41, 5.74) is 2.02. The van der Waals surface area contributed by atoms with Crippen molar-refractivity contribution < 1.29 is 9.50 Å². The zero-order chi connectivity index (χ0) is 20.8. The highest BCUT2D eigenvalue weighted by Gasteiger charge is 2.20. The van der Waals surface area contributed by atoms with Gasteiger partial charge in [-0.3, -0.25) is 9.88 Å². The topological polar surface area (TPSA) is 55.7 Å². The number of pyridine rings is 2. The molecule has 4 rings (SSSR count). The zero-order valence-corrected chi connectivity index (χ0v) is 16.9. The van der Waals surface area contributed by atoms with Crippen molar-refractivity contribution in [1.29, 1.82) is 0 Å². The van der Waals surface area contributed by atoms with Crippen LogP contribution in [0.4, 0.5) is 21.6 Å². The van der Waals surface area contributed by atoms with E-state index in [2.05, 4.69) is 24.7 Å². The molecule has 156 valence electrons. The molecule has 0 aliphatic carbocycles. The summed E-state index contributed by atoms with van der Waals surface area (Å²) in [6.45, 7) is 5.36. The van der Waals surface area contributed by atoms with Gasteiger partial charge in [0.05, 0.1) is 0 Å². The molecule has 0 radical (unpaired) electrons. The third kappa shape index (κ3) is 4.86. The standard InChI is InChI=1S/C23H26FN5O/c24-19-4-6-20(7-5-19)29(21-8-11-25-12-9-21)14-2-13-27-15-17-28(18-16-27)23-22(30)3-1-10-26-23/h1,3-12,30H,2,13-18H2. The van der Waals surface area contributed by atoms with Crippen LogP contribution in [0.5, 0.6) is 5.75 Å². The van der Waals surface area contributed by atoms with E-state index in [-0.39, 0.29) is 11.6 Å². The Morgan fingerprint density at radius 3 is 2.30 bits per heavy atom. The maximum atomic E-state index is 13.4. The summed E-state index contributed by atoms with van der Waals surface area (Å²) < 4.78 is 13.4. The van der Waals surface area contributed by atoms with E-state index in [1.54, 1.807) is 30.7 Å². The normalized spacial score (nSPS) is 14.6. The van der Waals surface area contributed by atoms with E-state index >= 15 is 0 Å². The average molecular weight is 407 g/mol. The van der Waals surface area contributed by atoms with Gasteiger partial charge in [-0.2, -0.15) is 0 Å². The molecule has 0 bridgehead atoms. The lowest BCUT2D eigenvalue weighted by Crippen LogP contribution is -2.47. The Hall–Kier alpha value is -3.19.